The summed E-state index contributed by atoms with van der Waals surface area (Å²) in [6, 6.07) is 123. The van der Waals surface area contributed by atoms with Gasteiger partial charge in [-0.25, -0.2) is 0 Å². The van der Waals surface area contributed by atoms with Gasteiger partial charge < -0.3 is 28.1 Å². The van der Waals surface area contributed by atoms with E-state index in [1.165, 1.54) is 86.5 Å². The fourth-order valence-corrected chi connectivity index (χ4v) is 17.2. The van der Waals surface area contributed by atoms with Gasteiger partial charge in [0, 0.05) is 76.6 Å². The van der Waals surface area contributed by atoms with Crippen LogP contribution in [-0.2, 0) is 0 Å². The van der Waals surface area contributed by atoms with E-state index in [0.29, 0.717) is 0 Å². The molecule has 100 heavy (non-hydrogen) atoms. The molecule has 16 aromatic carbocycles. The van der Waals surface area contributed by atoms with Gasteiger partial charge in [-0.15, -0.1) is 0 Å². The maximum atomic E-state index is 2.65. The van der Waals surface area contributed by atoms with Gasteiger partial charge in [-0.1, -0.05) is 246 Å². The number of hydrogen-bond donors (Lipinski definition) is 0. The highest BCUT2D eigenvalue weighted by molar-refractivity contribution is 6.31. The Kier molecular flexibility index (Phi) is 12.9. The number of hydrogen-bond acceptors (Lipinski definition) is 2. The van der Waals surface area contributed by atoms with E-state index in [0.717, 1.165) is 101 Å². The summed E-state index contributed by atoms with van der Waals surface area (Å²) in [7, 11) is 0. The first kappa shape index (κ1) is 57.6. The normalized spacial score (nSPS) is 12.2. The summed E-state index contributed by atoms with van der Waals surface area (Å²) in [4.78, 5) is 5.31. The number of fused-ring (bicyclic) bond motifs is 12. The van der Waals surface area contributed by atoms with E-state index >= 15 is 0 Å². The second kappa shape index (κ2) is 22.5. The second-order valence-electron chi connectivity index (χ2n) is 27.5. The van der Waals surface area contributed by atoms with E-state index in [1.54, 1.807) is 0 Å². The molecule has 474 valence electrons. The lowest BCUT2D eigenvalue weighted by Gasteiger charge is -2.33. The molecule has 0 radical (unpaired) electrons. The summed E-state index contributed by atoms with van der Waals surface area (Å²) < 4.78 is 10.0. The molecule has 0 saturated carbocycles. The molecular weight excluding hydrogens is 1210 g/mol. The van der Waals surface area contributed by atoms with Crippen molar-refractivity contribution in [2.24, 2.45) is 0 Å². The van der Waals surface area contributed by atoms with Crippen molar-refractivity contribution in [3.8, 4) is 22.7 Å². The molecule has 0 aliphatic rings. The van der Waals surface area contributed by atoms with Gasteiger partial charge in [0.25, 0.3) is 0 Å². The van der Waals surface area contributed by atoms with Crippen LogP contribution >= 0.6 is 0 Å². The van der Waals surface area contributed by atoms with Crippen LogP contribution in [0.3, 0.4) is 0 Å². The van der Waals surface area contributed by atoms with Gasteiger partial charge in [0.15, 0.2) is 0 Å². The van der Waals surface area contributed by atoms with E-state index in [2.05, 4.69) is 383 Å². The van der Waals surface area contributed by atoms with Crippen LogP contribution in [0.2, 0.25) is 0 Å². The van der Waals surface area contributed by atoms with Crippen molar-refractivity contribution in [1.82, 2.24) is 18.3 Å². The Hall–Kier alpha value is -12.6. The summed E-state index contributed by atoms with van der Waals surface area (Å²) >= 11 is 0. The molecule has 4 aromatic heterocycles. The molecule has 0 amide bonds. The van der Waals surface area contributed by atoms with Gasteiger partial charge in [0.1, 0.15) is 0 Å². The third kappa shape index (κ3) is 8.37. The quantitative estimate of drug-likeness (QED) is 0.114. The van der Waals surface area contributed by atoms with E-state index in [4.69, 9.17) is 0 Å². The Bertz CT molecular complexity index is 5930. The molecule has 0 N–H and O–H groups in total. The lowest BCUT2D eigenvalue weighted by Crippen LogP contribution is -2.15. The van der Waals surface area contributed by atoms with Crippen LogP contribution in [0.25, 0.3) is 142 Å². The van der Waals surface area contributed by atoms with Crippen LogP contribution in [0.15, 0.2) is 328 Å². The van der Waals surface area contributed by atoms with Crippen LogP contribution in [-0.4, -0.2) is 18.3 Å². The van der Waals surface area contributed by atoms with E-state index in [-0.39, 0.29) is 11.8 Å². The second-order valence-corrected chi connectivity index (χ2v) is 27.5. The van der Waals surface area contributed by atoms with Crippen LogP contribution in [0.5, 0.6) is 0 Å². The van der Waals surface area contributed by atoms with Crippen LogP contribution in [0.4, 0.5) is 34.1 Å². The number of para-hydroxylation sites is 12. The van der Waals surface area contributed by atoms with Crippen molar-refractivity contribution in [3.05, 3.63) is 339 Å². The highest BCUT2D eigenvalue weighted by Gasteiger charge is 2.33. The van der Waals surface area contributed by atoms with Crippen molar-refractivity contribution < 1.29 is 0 Å². The lowest BCUT2D eigenvalue weighted by molar-refractivity contribution is 0.875. The molecule has 0 unspecified atom stereocenters. The molecule has 0 bridgehead atoms. The zero-order chi connectivity index (χ0) is 66.4. The minimum Gasteiger partial charge on any atom is -0.307 e. The van der Waals surface area contributed by atoms with Crippen molar-refractivity contribution >= 4 is 154 Å². The van der Waals surface area contributed by atoms with E-state index in [9.17, 15) is 0 Å². The van der Waals surface area contributed by atoms with Gasteiger partial charge in [-0.2, -0.15) is 0 Å². The maximum absolute atomic E-state index is 2.65. The minimum absolute atomic E-state index is 0.138. The Morgan fingerprint density at radius 3 is 0.690 bits per heavy atom. The monoisotopic (exact) mass is 1280 g/mol. The first-order chi connectivity index (χ1) is 49.4. The predicted octanol–water partition coefficient (Wildman–Crippen LogP) is 26.2. The zero-order valence-electron chi connectivity index (χ0n) is 56.0. The summed E-state index contributed by atoms with van der Waals surface area (Å²) in [5.74, 6) is 0.276. The highest BCUT2D eigenvalue weighted by Crippen LogP contribution is 2.56. The number of aromatic nitrogens is 4. The molecule has 6 nitrogen and oxygen atoms in total. The van der Waals surface area contributed by atoms with Gasteiger partial charge in [-0.3, -0.25) is 0 Å². The molecule has 4 heterocycles. The molecule has 0 atom stereocenters. The molecule has 6 heteroatoms. The molecule has 20 rings (SSSR count). The average molecular weight is 1280 g/mol. The van der Waals surface area contributed by atoms with Crippen molar-refractivity contribution in [2.75, 3.05) is 9.80 Å². The molecule has 0 aliphatic carbocycles. The minimum atomic E-state index is 0.138. The first-order valence-corrected chi connectivity index (χ1v) is 35.1. The van der Waals surface area contributed by atoms with Gasteiger partial charge in [-0.05, 0) is 154 Å². The summed E-state index contributed by atoms with van der Waals surface area (Å²) in [6.07, 6.45) is 0. The molecular formula is C94H68N6. The smallest absolute Gasteiger partial charge is 0.0782 e. The average Bonchev–Trinajstić information content (AvgIpc) is 1.62. The third-order valence-electron chi connectivity index (χ3n) is 21.4. The number of anilines is 6. The highest BCUT2D eigenvalue weighted by atomic mass is 15.2. The Morgan fingerprint density at radius 2 is 0.430 bits per heavy atom. The maximum Gasteiger partial charge on any atom is 0.0782 e. The number of nitrogens with zero attached hydrogens (tertiary/aromatic N) is 6. The third-order valence-corrected chi connectivity index (χ3v) is 21.4. The Morgan fingerprint density at radius 1 is 0.200 bits per heavy atom. The fourth-order valence-electron chi connectivity index (χ4n) is 17.2. The fraction of sp³-hybridized carbons (Fsp3) is 0.0638. The molecule has 20 aromatic rings. The predicted molar refractivity (Wildman–Crippen MR) is 425 cm³/mol. The summed E-state index contributed by atoms with van der Waals surface area (Å²) in [6.45, 7) is 9.53. The SMILES string of the molecule is CC(C)c1cc(N(c2cccc3c4ccccc4n(-c4ccccc4)c23)c2cccc3c4ccccc4n(-c4ccccc4)c23)c2ccc3c(C(C)C)cc(N(c4cccc5c6ccccc6n(-c6ccccc6)c45)c4cccc5c6ccccc6n(-c6ccccc6)c45)c4ccc1c2c34. The molecule has 0 spiro atoms. The van der Waals surface area contributed by atoms with Gasteiger partial charge in [0.05, 0.1) is 78.3 Å². The lowest BCUT2D eigenvalue weighted by atomic mass is 9.84. The zero-order valence-corrected chi connectivity index (χ0v) is 56.0. The van der Waals surface area contributed by atoms with Crippen LogP contribution in [0.1, 0.15) is 50.7 Å². The summed E-state index contributed by atoms with van der Waals surface area (Å²) in [5, 5.41) is 16.9. The standard InChI is InChI=1S/C94H68N6/c1-59(2)77-57-87(99(83-49-25-41-71-65-37-17-21-45-79(65)95(91(71)83)61-29-9-5-10-30-61)84-50-26-42-72-66-38-18-22-46-80(66)96(92(72)84)62-31-11-6-12-32-62)75-56-54-70-78(60(3)4)58-88(76-55-53-69(77)89(75)90(70)76)100(85-51-27-43-73-67-39-19-23-47-81(67)97(93(73)85)63-33-13-7-14-34-63)86-52-28-44-74-68-40-20-24-48-82(68)98(94(74)86)64-35-15-8-16-36-64/h5-60H,1-4H3. The first-order valence-electron chi connectivity index (χ1n) is 35.1. The Labute approximate surface area is 579 Å². The van der Waals surface area contributed by atoms with E-state index in [1.807, 2.05) is 0 Å². The van der Waals surface area contributed by atoms with Crippen LogP contribution in [0, 0.1) is 0 Å². The Balaban J connectivity index is 0.963. The largest absolute Gasteiger partial charge is 0.307 e. The summed E-state index contributed by atoms with van der Waals surface area (Å²) in [5.41, 5.74) is 22.7. The number of benzene rings is 16. The molecule has 0 fully saturated rings. The van der Waals surface area contributed by atoms with Crippen LogP contribution < -0.4 is 9.80 Å². The van der Waals surface area contributed by atoms with Crippen molar-refractivity contribution in [1.29, 1.82) is 0 Å². The topological polar surface area (TPSA) is 26.2 Å². The van der Waals surface area contributed by atoms with Crippen molar-refractivity contribution in [2.45, 2.75) is 39.5 Å². The van der Waals surface area contributed by atoms with Gasteiger partial charge >= 0.3 is 0 Å². The molecule has 0 aliphatic heterocycles. The number of rotatable bonds is 12. The van der Waals surface area contributed by atoms with Gasteiger partial charge in [0.2, 0.25) is 0 Å². The van der Waals surface area contributed by atoms with Crippen molar-refractivity contribution in [3.63, 3.8) is 0 Å². The molecule has 0 saturated heterocycles. The van der Waals surface area contributed by atoms with E-state index < -0.39 is 0 Å².